The van der Waals surface area contributed by atoms with Crippen LogP contribution in [0.25, 0.3) is 16.8 Å². The van der Waals surface area contributed by atoms with Crippen molar-refractivity contribution in [3.05, 3.63) is 165 Å². The number of anilines is 1. The largest absolute Gasteiger partial charge is 0.359 e. The Morgan fingerprint density at radius 2 is 1.37 bits per heavy atom. The van der Waals surface area contributed by atoms with Crippen LogP contribution < -0.4 is 4.90 Å². The molecule has 1 aliphatic heterocycles. The minimum atomic E-state index is -0.578. The van der Waals surface area contributed by atoms with Crippen LogP contribution in [-0.4, -0.2) is 33.0 Å². The number of hydrogen-bond donors (Lipinski definition) is 0. The summed E-state index contributed by atoms with van der Waals surface area (Å²) in [5, 5.41) is 0. The molecule has 0 saturated heterocycles. The number of nitrogens with zero attached hydrogens (tertiary/aromatic N) is 5. The number of aryl methyl sites for hydroxylation is 2. The average Bonchev–Trinajstić information content (AvgIpc) is 3.69. The van der Waals surface area contributed by atoms with Crippen LogP contribution in [0.3, 0.4) is 0 Å². The Labute approximate surface area is 303 Å². The van der Waals surface area contributed by atoms with Crippen molar-refractivity contribution in [2.45, 2.75) is 78.6 Å². The monoisotopic (exact) mass is 671 g/mol. The van der Waals surface area contributed by atoms with Gasteiger partial charge in [0.2, 0.25) is 0 Å². The Morgan fingerprint density at radius 1 is 0.706 bits per heavy atom. The molecule has 0 amide bonds. The molecular formula is C46H49N5. The molecule has 0 N–H and O–H groups in total. The first-order chi connectivity index (χ1) is 24.2. The molecular weight excluding hydrogens is 623 g/mol. The van der Waals surface area contributed by atoms with E-state index in [4.69, 9.17) is 9.97 Å². The molecule has 0 unspecified atom stereocenters. The van der Waals surface area contributed by atoms with Crippen molar-refractivity contribution in [1.29, 1.82) is 0 Å². The molecule has 5 heteroatoms. The van der Waals surface area contributed by atoms with Gasteiger partial charge in [-0.15, -0.1) is 0 Å². The first-order valence-electron chi connectivity index (χ1n) is 18.2. The highest BCUT2D eigenvalue weighted by atomic mass is 15.4. The van der Waals surface area contributed by atoms with Gasteiger partial charge in [-0.2, -0.15) is 0 Å². The SMILES string of the molecule is CC1=C(C)N(c2cccc(C3(c4cc(C(C)(C)c5cc(C(C)(C)C)ccn5)c5nc(C)c(C)n5c4)c4ccccc4-c4ccccc43)c2)CN1C. The van der Waals surface area contributed by atoms with E-state index in [0.717, 1.165) is 29.4 Å². The van der Waals surface area contributed by atoms with E-state index in [1.807, 2.05) is 6.20 Å². The summed E-state index contributed by atoms with van der Waals surface area (Å²) in [6, 6.07) is 34.2. The van der Waals surface area contributed by atoms with Crippen LogP contribution in [0.1, 0.15) is 98.9 Å². The quantitative estimate of drug-likeness (QED) is 0.183. The summed E-state index contributed by atoms with van der Waals surface area (Å²) in [5.74, 6) is 0. The molecule has 2 aliphatic rings. The van der Waals surface area contributed by atoms with E-state index in [2.05, 4.69) is 181 Å². The van der Waals surface area contributed by atoms with Gasteiger partial charge in [-0.25, -0.2) is 4.98 Å². The number of aromatic nitrogens is 3. The minimum Gasteiger partial charge on any atom is -0.359 e. The predicted octanol–water partition coefficient (Wildman–Crippen LogP) is 10.3. The molecule has 0 spiro atoms. The first kappa shape index (κ1) is 33.0. The van der Waals surface area contributed by atoms with E-state index < -0.39 is 10.8 Å². The Bertz CT molecular complexity index is 2340. The molecule has 0 atom stereocenters. The maximum absolute atomic E-state index is 5.24. The maximum Gasteiger partial charge on any atom is 0.141 e. The van der Waals surface area contributed by atoms with Crippen LogP contribution in [0.15, 0.2) is 115 Å². The number of fused-ring (bicyclic) bond motifs is 4. The minimum absolute atomic E-state index is 0.00793. The van der Waals surface area contributed by atoms with E-state index >= 15 is 0 Å². The summed E-state index contributed by atoms with van der Waals surface area (Å²) in [4.78, 5) is 15.0. The Kier molecular flexibility index (Phi) is 7.40. The van der Waals surface area contributed by atoms with Crippen molar-refractivity contribution in [2.24, 2.45) is 0 Å². The molecule has 4 heterocycles. The number of pyridine rings is 2. The van der Waals surface area contributed by atoms with Crippen LogP contribution in [-0.2, 0) is 16.2 Å². The Morgan fingerprint density at radius 3 is 2.00 bits per heavy atom. The molecule has 1 aliphatic carbocycles. The zero-order chi connectivity index (χ0) is 36.0. The lowest BCUT2D eigenvalue weighted by Crippen LogP contribution is -2.31. The van der Waals surface area contributed by atoms with Gasteiger partial charge in [-0.05, 0) is 102 Å². The number of allylic oxidation sites excluding steroid dienone is 2. The summed E-state index contributed by atoms with van der Waals surface area (Å²) in [7, 11) is 2.17. The number of benzene rings is 3. The van der Waals surface area contributed by atoms with Gasteiger partial charge in [0.1, 0.15) is 5.65 Å². The number of rotatable bonds is 5. The van der Waals surface area contributed by atoms with E-state index in [-0.39, 0.29) is 5.41 Å². The van der Waals surface area contributed by atoms with Gasteiger partial charge in [0.15, 0.2) is 0 Å². The van der Waals surface area contributed by atoms with Gasteiger partial charge in [0.25, 0.3) is 0 Å². The van der Waals surface area contributed by atoms with Crippen molar-refractivity contribution in [3.8, 4) is 11.1 Å². The highest BCUT2D eigenvalue weighted by Crippen LogP contribution is 2.57. The zero-order valence-corrected chi connectivity index (χ0v) is 31.8. The fourth-order valence-electron chi connectivity index (χ4n) is 8.51. The zero-order valence-electron chi connectivity index (χ0n) is 31.8. The molecule has 51 heavy (non-hydrogen) atoms. The van der Waals surface area contributed by atoms with Crippen molar-refractivity contribution in [1.82, 2.24) is 19.3 Å². The second-order valence-electron chi connectivity index (χ2n) is 16.3. The molecule has 0 fully saturated rings. The van der Waals surface area contributed by atoms with Gasteiger partial charge in [0.05, 0.1) is 23.5 Å². The fraction of sp³-hybridized carbons (Fsp3) is 0.304. The molecule has 6 aromatic rings. The highest BCUT2D eigenvalue weighted by Gasteiger charge is 2.47. The van der Waals surface area contributed by atoms with E-state index in [0.29, 0.717) is 0 Å². The van der Waals surface area contributed by atoms with Crippen molar-refractivity contribution in [2.75, 3.05) is 18.6 Å². The standard InChI is InChI=1S/C46H49N5/c1-29-30(2)50-27-35(25-41(43(50)48-29)45(8,9)42-26-33(22-23-47-42)44(5,6)7)46(39-20-13-11-18-37(39)38-19-12-14-21-40(38)46)34-16-15-17-36(24-34)51-28-49(10)31(3)32(51)4/h11-27H,28H2,1-10H3. The van der Waals surface area contributed by atoms with Crippen molar-refractivity contribution in [3.63, 3.8) is 0 Å². The third kappa shape index (κ3) is 4.81. The average molecular weight is 672 g/mol. The molecule has 3 aromatic carbocycles. The Balaban J connectivity index is 1.46. The van der Waals surface area contributed by atoms with Gasteiger partial charge < -0.3 is 14.2 Å². The lowest BCUT2D eigenvalue weighted by atomic mass is 9.67. The van der Waals surface area contributed by atoms with E-state index in [1.54, 1.807) is 0 Å². The lowest BCUT2D eigenvalue weighted by Gasteiger charge is -2.36. The second kappa shape index (κ2) is 11.4. The fourth-order valence-corrected chi connectivity index (χ4v) is 8.51. The van der Waals surface area contributed by atoms with Gasteiger partial charge in [-0.3, -0.25) is 4.98 Å². The molecule has 0 saturated carbocycles. The number of imidazole rings is 1. The highest BCUT2D eigenvalue weighted by molar-refractivity contribution is 5.87. The lowest BCUT2D eigenvalue weighted by molar-refractivity contribution is 0.460. The molecule has 3 aromatic heterocycles. The molecule has 258 valence electrons. The van der Waals surface area contributed by atoms with Crippen LogP contribution >= 0.6 is 0 Å². The van der Waals surface area contributed by atoms with Crippen LogP contribution in [0, 0.1) is 13.8 Å². The van der Waals surface area contributed by atoms with Gasteiger partial charge in [0, 0.05) is 53.2 Å². The predicted molar refractivity (Wildman–Crippen MR) is 211 cm³/mol. The Hall–Kier alpha value is -5.16. The summed E-state index contributed by atoms with van der Waals surface area (Å²) in [6.45, 7) is 21.0. The van der Waals surface area contributed by atoms with Gasteiger partial charge >= 0.3 is 0 Å². The van der Waals surface area contributed by atoms with E-state index in [9.17, 15) is 0 Å². The summed E-state index contributed by atoms with van der Waals surface area (Å²) < 4.78 is 2.34. The third-order valence-corrected chi connectivity index (χ3v) is 12.0. The van der Waals surface area contributed by atoms with Crippen LogP contribution in [0.2, 0.25) is 0 Å². The normalized spacial score (nSPS) is 15.6. The number of hydrogen-bond acceptors (Lipinski definition) is 4. The third-order valence-electron chi connectivity index (χ3n) is 12.0. The van der Waals surface area contributed by atoms with Crippen molar-refractivity contribution < 1.29 is 0 Å². The topological polar surface area (TPSA) is 36.7 Å². The van der Waals surface area contributed by atoms with Gasteiger partial charge in [-0.1, -0.05) is 95.3 Å². The van der Waals surface area contributed by atoms with Crippen molar-refractivity contribution >= 4 is 11.3 Å². The maximum atomic E-state index is 5.24. The molecule has 5 nitrogen and oxygen atoms in total. The second-order valence-corrected chi connectivity index (χ2v) is 16.3. The summed E-state index contributed by atoms with van der Waals surface area (Å²) in [6.07, 6.45) is 4.35. The molecule has 8 rings (SSSR count). The molecule has 0 bridgehead atoms. The summed E-state index contributed by atoms with van der Waals surface area (Å²) >= 11 is 0. The van der Waals surface area contributed by atoms with Crippen LogP contribution in [0.4, 0.5) is 5.69 Å². The smallest absolute Gasteiger partial charge is 0.141 e. The van der Waals surface area contributed by atoms with Crippen LogP contribution in [0.5, 0.6) is 0 Å². The molecule has 0 radical (unpaired) electrons. The summed E-state index contributed by atoms with van der Waals surface area (Å²) in [5.41, 5.74) is 17.1. The van der Waals surface area contributed by atoms with E-state index in [1.165, 1.54) is 61.6 Å². The first-order valence-corrected chi connectivity index (χ1v) is 18.2.